The molecule has 3 heterocycles. The number of rotatable bonds is 2. The lowest BCUT2D eigenvalue weighted by Crippen LogP contribution is -1.84. The maximum Gasteiger partial charge on any atom is 0.466 e. The van der Waals surface area contributed by atoms with Gasteiger partial charge in [-0.3, -0.25) is 0 Å². The number of nitrogens with zero attached hydrogens (tertiary/aromatic N) is 6. The van der Waals surface area contributed by atoms with Crippen molar-refractivity contribution in [2.45, 2.75) is 13.8 Å². The largest absolute Gasteiger partial charge is 0.466 e. The van der Waals surface area contributed by atoms with Crippen LogP contribution in [0.3, 0.4) is 0 Å². The highest BCUT2D eigenvalue weighted by atomic mass is 31.2. The van der Waals surface area contributed by atoms with E-state index in [1.807, 2.05) is 67.3 Å². The summed E-state index contributed by atoms with van der Waals surface area (Å²) in [7, 11) is 1.17. The Hall–Kier alpha value is -2.30. The number of phosphoric acid groups is 1. The molecule has 12 heteroatoms. The van der Waals surface area contributed by atoms with Crippen LogP contribution in [0, 0.1) is 0 Å². The third kappa shape index (κ3) is 28.5. The molecule has 3 rings (SSSR count). The molecule has 0 aliphatic rings. The van der Waals surface area contributed by atoms with Gasteiger partial charge in [-0.2, -0.15) is 0 Å². The summed E-state index contributed by atoms with van der Waals surface area (Å²) in [5.74, 6) is 0. The molecule has 0 fully saturated rings. The topological polar surface area (TPSA) is 140 Å². The zero-order valence-corrected chi connectivity index (χ0v) is 17.8. The summed E-state index contributed by atoms with van der Waals surface area (Å²) in [6.45, 7) is 5.67. The van der Waals surface area contributed by atoms with Crippen LogP contribution < -0.4 is 0 Å². The van der Waals surface area contributed by atoms with E-state index in [-0.39, 0.29) is 0 Å². The molecule has 160 valence electrons. The number of hydrogen-bond acceptors (Lipinski definition) is 5. The second-order valence-corrected chi connectivity index (χ2v) is 6.01. The first-order valence-corrected chi connectivity index (χ1v) is 9.78. The van der Waals surface area contributed by atoms with Crippen molar-refractivity contribution in [2.75, 3.05) is 13.2 Å². The summed E-state index contributed by atoms with van der Waals surface area (Å²) >= 11 is 0. The SMILES string of the molecule is CCOCC.Cn1ccnc1.Cn1ccnc1.Cn1ccnc1.O=P(O)(O)O. The van der Waals surface area contributed by atoms with Crippen LogP contribution in [0.15, 0.2) is 56.2 Å². The van der Waals surface area contributed by atoms with Gasteiger partial charge in [-0.25, -0.2) is 19.5 Å². The summed E-state index contributed by atoms with van der Waals surface area (Å²) in [6, 6.07) is 0. The fourth-order valence-corrected chi connectivity index (χ4v) is 1.18. The minimum Gasteiger partial charge on any atom is -0.382 e. The third-order valence-corrected chi connectivity index (χ3v) is 2.32. The zero-order valence-electron chi connectivity index (χ0n) is 16.9. The van der Waals surface area contributed by atoms with Crippen molar-refractivity contribution in [3.63, 3.8) is 0 Å². The quantitative estimate of drug-likeness (QED) is 0.530. The lowest BCUT2D eigenvalue weighted by molar-refractivity contribution is 0.162. The molecule has 0 aliphatic carbocycles. The molecule has 0 aliphatic heterocycles. The van der Waals surface area contributed by atoms with Crippen LogP contribution in [0.2, 0.25) is 0 Å². The number of aryl methyl sites for hydroxylation is 3. The van der Waals surface area contributed by atoms with Crippen molar-refractivity contribution in [3.8, 4) is 0 Å². The summed E-state index contributed by atoms with van der Waals surface area (Å²) in [5.41, 5.74) is 0. The molecule has 0 aromatic carbocycles. The van der Waals surface area contributed by atoms with Crippen molar-refractivity contribution >= 4 is 7.82 Å². The van der Waals surface area contributed by atoms with Crippen LogP contribution in [-0.2, 0) is 30.4 Å². The van der Waals surface area contributed by atoms with E-state index in [4.69, 9.17) is 24.0 Å². The van der Waals surface area contributed by atoms with E-state index in [2.05, 4.69) is 15.0 Å². The van der Waals surface area contributed by atoms with Gasteiger partial charge in [0.05, 0.1) is 19.0 Å². The number of imidazole rings is 3. The second kappa shape index (κ2) is 18.1. The van der Waals surface area contributed by atoms with E-state index in [0.717, 1.165) is 13.2 Å². The number of ether oxygens (including phenoxy) is 1. The summed E-state index contributed by atoms with van der Waals surface area (Å²) in [4.78, 5) is 32.9. The standard InChI is InChI=1S/3C4H6N2.C4H10O.H3O4P/c3*1-6-3-2-5-4-6;1-3-5-4-2;1-5(2,3)4/h3*2-4H,1H3;3-4H2,1-2H3;(H3,1,2,3,4). The first-order chi connectivity index (χ1) is 13.1. The average molecular weight is 418 g/mol. The highest BCUT2D eigenvalue weighted by Crippen LogP contribution is 2.25. The van der Waals surface area contributed by atoms with Gasteiger partial charge in [0.1, 0.15) is 0 Å². The van der Waals surface area contributed by atoms with Crippen LogP contribution in [0.1, 0.15) is 13.8 Å². The molecule has 0 bridgehead atoms. The van der Waals surface area contributed by atoms with E-state index in [1.165, 1.54) is 0 Å². The van der Waals surface area contributed by atoms with Crippen molar-refractivity contribution < 1.29 is 24.0 Å². The Kier molecular flexibility index (Phi) is 18.0. The lowest BCUT2D eigenvalue weighted by atomic mass is 10.8. The zero-order chi connectivity index (χ0) is 21.8. The molecule has 0 amide bonds. The normalized spacial score (nSPS) is 9.29. The van der Waals surface area contributed by atoms with Crippen LogP contribution in [0.5, 0.6) is 0 Å². The monoisotopic (exact) mass is 418 g/mol. The van der Waals surface area contributed by atoms with Gasteiger partial charge in [0.15, 0.2) is 0 Å². The van der Waals surface area contributed by atoms with Gasteiger partial charge in [0.2, 0.25) is 0 Å². The van der Waals surface area contributed by atoms with Crippen molar-refractivity contribution in [3.05, 3.63) is 56.2 Å². The van der Waals surface area contributed by atoms with Crippen LogP contribution in [0.4, 0.5) is 0 Å². The first-order valence-electron chi connectivity index (χ1n) is 8.21. The van der Waals surface area contributed by atoms with E-state index in [1.54, 1.807) is 37.6 Å². The van der Waals surface area contributed by atoms with Crippen LogP contribution >= 0.6 is 7.82 Å². The molecule has 0 saturated carbocycles. The van der Waals surface area contributed by atoms with Gasteiger partial charge >= 0.3 is 7.82 Å². The number of aromatic nitrogens is 6. The smallest absolute Gasteiger partial charge is 0.382 e. The van der Waals surface area contributed by atoms with E-state index < -0.39 is 7.82 Å². The van der Waals surface area contributed by atoms with Crippen LogP contribution in [0.25, 0.3) is 0 Å². The molecule has 0 spiro atoms. The Balaban J connectivity index is 0. The predicted molar refractivity (Wildman–Crippen MR) is 106 cm³/mol. The average Bonchev–Trinajstić information content (AvgIpc) is 3.34. The molecule has 3 aromatic heterocycles. The Bertz CT molecular complexity index is 596. The summed E-state index contributed by atoms with van der Waals surface area (Å²) in [5, 5.41) is 0. The first kappa shape index (κ1) is 27.9. The van der Waals surface area contributed by atoms with E-state index >= 15 is 0 Å². The minimum atomic E-state index is -4.64. The molecule has 3 aromatic rings. The molecular formula is C16H31N6O5P. The van der Waals surface area contributed by atoms with E-state index in [0.29, 0.717) is 0 Å². The molecule has 0 atom stereocenters. The highest BCUT2D eigenvalue weighted by Gasteiger charge is 2.00. The lowest BCUT2D eigenvalue weighted by Gasteiger charge is -1.86. The Morgan fingerprint density at radius 1 is 0.750 bits per heavy atom. The molecule has 0 unspecified atom stereocenters. The maximum absolute atomic E-state index is 8.88. The summed E-state index contributed by atoms with van der Waals surface area (Å²) in [6.07, 6.45) is 16.2. The molecule has 11 nitrogen and oxygen atoms in total. The molecular weight excluding hydrogens is 387 g/mol. The second-order valence-electron chi connectivity index (χ2n) is 4.98. The molecule has 3 N–H and O–H groups in total. The summed E-state index contributed by atoms with van der Waals surface area (Å²) < 4.78 is 19.4. The maximum atomic E-state index is 8.88. The van der Waals surface area contributed by atoms with Gasteiger partial charge in [-0.1, -0.05) is 0 Å². The third-order valence-electron chi connectivity index (χ3n) is 2.32. The number of hydrogen-bond donors (Lipinski definition) is 3. The van der Waals surface area contributed by atoms with Gasteiger partial charge in [-0.05, 0) is 13.8 Å². The van der Waals surface area contributed by atoms with Gasteiger partial charge < -0.3 is 33.1 Å². The fourth-order valence-electron chi connectivity index (χ4n) is 1.18. The molecule has 0 saturated heterocycles. The fraction of sp³-hybridized carbons (Fsp3) is 0.438. The van der Waals surface area contributed by atoms with Crippen molar-refractivity contribution in [1.82, 2.24) is 28.7 Å². The molecule has 28 heavy (non-hydrogen) atoms. The van der Waals surface area contributed by atoms with Crippen molar-refractivity contribution in [1.29, 1.82) is 0 Å². The van der Waals surface area contributed by atoms with Gasteiger partial charge in [-0.15, -0.1) is 0 Å². The Labute approximate surface area is 165 Å². The van der Waals surface area contributed by atoms with Gasteiger partial charge in [0.25, 0.3) is 0 Å². The van der Waals surface area contributed by atoms with Crippen molar-refractivity contribution in [2.24, 2.45) is 21.1 Å². The van der Waals surface area contributed by atoms with Crippen LogP contribution in [-0.4, -0.2) is 56.5 Å². The van der Waals surface area contributed by atoms with E-state index in [9.17, 15) is 0 Å². The highest BCUT2D eigenvalue weighted by molar-refractivity contribution is 7.45. The minimum absolute atomic E-state index is 0.844. The van der Waals surface area contributed by atoms with Gasteiger partial charge in [0, 0.05) is 71.5 Å². The Morgan fingerprint density at radius 3 is 1.04 bits per heavy atom. The molecule has 0 radical (unpaired) electrons. The Morgan fingerprint density at radius 2 is 1.00 bits per heavy atom. The predicted octanol–water partition coefficient (Wildman–Crippen LogP) is 1.37.